The fourth-order valence-electron chi connectivity index (χ4n) is 4.56. The van der Waals surface area contributed by atoms with E-state index in [0.29, 0.717) is 18.8 Å². The van der Waals surface area contributed by atoms with E-state index in [-0.39, 0.29) is 5.78 Å². The summed E-state index contributed by atoms with van der Waals surface area (Å²) in [5.41, 5.74) is 0.164. The van der Waals surface area contributed by atoms with Crippen molar-refractivity contribution in [1.29, 1.82) is 0 Å². The number of hydrogen-bond donors (Lipinski definition) is 0. The number of likely N-dealkylation sites (tertiary alicyclic amines) is 1. The summed E-state index contributed by atoms with van der Waals surface area (Å²) in [6.45, 7) is 4.71. The average Bonchev–Trinajstić information content (AvgIpc) is 3.32. The summed E-state index contributed by atoms with van der Waals surface area (Å²) in [5, 5.41) is 2.02. The molecule has 0 saturated carbocycles. The van der Waals surface area contributed by atoms with Gasteiger partial charge in [-0.05, 0) is 75.0 Å². The van der Waals surface area contributed by atoms with Crippen molar-refractivity contribution in [2.24, 2.45) is 0 Å². The van der Waals surface area contributed by atoms with E-state index >= 15 is 0 Å². The second-order valence-corrected chi connectivity index (χ2v) is 8.60. The Morgan fingerprint density at radius 2 is 1.79 bits per heavy atom. The third-order valence-electron chi connectivity index (χ3n) is 5.95. The summed E-state index contributed by atoms with van der Waals surface area (Å²) in [6.07, 6.45) is -1.34. The molecule has 150 valence electrons. The van der Waals surface area contributed by atoms with Gasteiger partial charge >= 0.3 is 6.18 Å². The number of halogens is 3. The predicted molar refractivity (Wildman–Crippen MR) is 105 cm³/mol. The molecule has 0 aliphatic carbocycles. The minimum absolute atomic E-state index is 0.0404. The van der Waals surface area contributed by atoms with Gasteiger partial charge in [0.1, 0.15) is 5.54 Å². The van der Waals surface area contributed by atoms with Gasteiger partial charge in [-0.3, -0.25) is 4.79 Å². The van der Waals surface area contributed by atoms with Gasteiger partial charge in [-0.1, -0.05) is 0 Å². The number of hydrogen-bond acceptors (Lipinski definition) is 4. The number of carbonyl (C=O) groups is 1. The molecule has 0 bridgehead atoms. The van der Waals surface area contributed by atoms with Crippen LogP contribution in [-0.4, -0.2) is 36.9 Å². The summed E-state index contributed by atoms with van der Waals surface area (Å²) < 4.78 is 39.0. The number of alkyl halides is 3. The minimum Gasteiger partial charge on any atom is -0.354 e. The second-order valence-electron chi connectivity index (χ2n) is 7.60. The van der Waals surface area contributed by atoms with Gasteiger partial charge in [-0.25, -0.2) is 0 Å². The van der Waals surface area contributed by atoms with Crippen molar-refractivity contribution in [2.45, 2.75) is 37.9 Å². The number of fused-ring (bicyclic) bond motifs is 1. The van der Waals surface area contributed by atoms with E-state index in [1.807, 2.05) is 16.3 Å². The van der Waals surface area contributed by atoms with Crippen molar-refractivity contribution in [3.8, 4) is 0 Å². The van der Waals surface area contributed by atoms with E-state index in [4.69, 9.17) is 0 Å². The topological polar surface area (TPSA) is 23.6 Å². The molecule has 2 aliphatic heterocycles. The zero-order valence-electron chi connectivity index (χ0n) is 15.8. The number of ketones is 1. The van der Waals surface area contributed by atoms with Crippen molar-refractivity contribution in [1.82, 2.24) is 4.90 Å². The molecule has 4 rings (SSSR count). The third-order valence-corrected chi connectivity index (χ3v) is 6.93. The molecule has 1 aromatic carbocycles. The number of Topliss-reactive ketones (excluding diaryl/α,β-unsaturated/α-hetero) is 1. The average molecular weight is 408 g/mol. The fourth-order valence-corrected chi connectivity index (χ4v) is 5.50. The number of nitrogens with zero attached hydrogens (tertiary/aromatic N) is 2. The van der Waals surface area contributed by atoms with Gasteiger partial charge < -0.3 is 9.80 Å². The van der Waals surface area contributed by atoms with E-state index in [2.05, 4.69) is 4.90 Å². The van der Waals surface area contributed by atoms with Gasteiger partial charge in [0.05, 0.1) is 5.56 Å². The first-order chi connectivity index (χ1) is 13.3. The zero-order chi connectivity index (χ0) is 19.9. The Balaban J connectivity index is 1.79. The van der Waals surface area contributed by atoms with Gasteiger partial charge in [0.15, 0.2) is 5.78 Å². The lowest BCUT2D eigenvalue weighted by Gasteiger charge is -2.48. The van der Waals surface area contributed by atoms with Gasteiger partial charge in [0.25, 0.3) is 0 Å². The standard InChI is InChI=1S/C21H23F3N2OS/c1-15(27)20(14-25-10-2-3-11-25)18-9-13-28-19(18)8-12-26(20)17-6-4-16(5-7-17)21(22,23)24/h4-7,9,13H,2-3,8,10-12,14H2,1H3. The summed E-state index contributed by atoms with van der Waals surface area (Å²) >= 11 is 1.66. The summed E-state index contributed by atoms with van der Waals surface area (Å²) in [4.78, 5) is 18.7. The molecule has 0 radical (unpaired) electrons. The Kier molecular flexibility index (Phi) is 5.00. The van der Waals surface area contributed by atoms with Crippen molar-refractivity contribution < 1.29 is 18.0 Å². The Bertz CT molecular complexity index is 855. The molecule has 0 spiro atoms. The molecule has 2 aliphatic rings. The van der Waals surface area contributed by atoms with Crippen LogP contribution in [0.25, 0.3) is 0 Å². The van der Waals surface area contributed by atoms with Crippen LogP contribution in [0.2, 0.25) is 0 Å². The molecule has 1 unspecified atom stereocenters. The lowest BCUT2D eigenvalue weighted by molar-refractivity contribution is -0.137. The quantitative estimate of drug-likeness (QED) is 0.732. The van der Waals surface area contributed by atoms with Gasteiger partial charge in [-0.15, -0.1) is 11.3 Å². The number of benzene rings is 1. The van der Waals surface area contributed by atoms with Crippen LogP contribution in [0.1, 0.15) is 35.8 Å². The molecule has 28 heavy (non-hydrogen) atoms. The monoisotopic (exact) mass is 408 g/mol. The fraction of sp³-hybridized carbons (Fsp3) is 0.476. The largest absolute Gasteiger partial charge is 0.416 e. The normalized spacial score (nSPS) is 23.1. The Hall–Kier alpha value is -1.86. The van der Waals surface area contributed by atoms with Crippen molar-refractivity contribution in [3.63, 3.8) is 0 Å². The van der Waals surface area contributed by atoms with Crippen LogP contribution in [-0.2, 0) is 22.9 Å². The highest BCUT2D eigenvalue weighted by Gasteiger charge is 2.49. The Labute approximate surface area is 166 Å². The maximum absolute atomic E-state index is 13.1. The Morgan fingerprint density at radius 1 is 1.11 bits per heavy atom. The van der Waals surface area contributed by atoms with E-state index in [1.54, 1.807) is 18.3 Å². The van der Waals surface area contributed by atoms with E-state index in [9.17, 15) is 18.0 Å². The third kappa shape index (κ3) is 3.24. The maximum Gasteiger partial charge on any atom is 0.416 e. The van der Waals surface area contributed by atoms with Crippen molar-refractivity contribution in [3.05, 3.63) is 51.7 Å². The van der Waals surface area contributed by atoms with Crippen LogP contribution in [0.15, 0.2) is 35.7 Å². The summed E-state index contributed by atoms with van der Waals surface area (Å²) in [7, 11) is 0. The minimum atomic E-state index is -4.37. The number of thiophene rings is 1. The van der Waals surface area contributed by atoms with Crippen LogP contribution < -0.4 is 4.90 Å². The van der Waals surface area contributed by atoms with Gasteiger partial charge in [-0.2, -0.15) is 13.2 Å². The van der Waals surface area contributed by atoms with Crippen LogP contribution >= 0.6 is 11.3 Å². The van der Waals surface area contributed by atoms with E-state index in [0.717, 1.165) is 50.0 Å². The highest BCUT2D eigenvalue weighted by molar-refractivity contribution is 7.10. The molecule has 2 aromatic rings. The van der Waals surface area contributed by atoms with Gasteiger partial charge in [0.2, 0.25) is 0 Å². The van der Waals surface area contributed by atoms with Crippen molar-refractivity contribution in [2.75, 3.05) is 31.1 Å². The van der Waals surface area contributed by atoms with Crippen LogP contribution in [0.5, 0.6) is 0 Å². The lowest BCUT2D eigenvalue weighted by Crippen LogP contribution is -2.60. The molecular weight excluding hydrogens is 385 g/mol. The molecule has 7 heteroatoms. The first kappa shape index (κ1) is 19.5. The molecule has 3 nitrogen and oxygen atoms in total. The van der Waals surface area contributed by atoms with E-state index in [1.165, 1.54) is 17.0 Å². The van der Waals surface area contributed by atoms with Crippen LogP contribution in [0.4, 0.5) is 18.9 Å². The Morgan fingerprint density at radius 3 is 2.39 bits per heavy atom. The summed E-state index contributed by atoms with van der Waals surface area (Å²) in [6, 6.07) is 7.25. The predicted octanol–water partition coefficient (Wildman–Crippen LogP) is 4.71. The van der Waals surface area contributed by atoms with Crippen LogP contribution in [0, 0.1) is 0 Å². The van der Waals surface area contributed by atoms with Crippen LogP contribution in [0.3, 0.4) is 0 Å². The SMILES string of the molecule is CC(=O)C1(CN2CCCC2)c2ccsc2CCN1c1ccc(C(F)(F)F)cc1. The number of anilines is 1. The van der Waals surface area contributed by atoms with Crippen molar-refractivity contribution >= 4 is 22.8 Å². The van der Waals surface area contributed by atoms with Gasteiger partial charge in [0, 0.05) is 29.2 Å². The highest BCUT2D eigenvalue weighted by Crippen LogP contribution is 2.43. The number of rotatable bonds is 4. The number of carbonyl (C=O) groups excluding carboxylic acids is 1. The lowest BCUT2D eigenvalue weighted by atomic mass is 9.80. The first-order valence-electron chi connectivity index (χ1n) is 9.57. The molecule has 3 heterocycles. The zero-order valence-corrected chi connectivity index (χ0v) is 16.6. The highest BCUT2D eigenvalue weighted by atomic mass is 32.1. The molecule has 0 N–H and O–H groups in total. The second kappa shape index (κ2) is 7.19. The van der Waals surface area contributed by atoms with E-state index < -0.39 is 17.3 Å². The molecule has 0 amide bonds. The molecule has 1 fully saturated rings. The molecular formula is C21H23F3N2OS. The first-order valence-corrected chi connectivity index (χ1v) is 10.5. The summed E-state index contributed by atoms with van der Waals surface area (Å²) in [5.74, 6) is 0.0404. The maximum atomic E-state index is 13.1. The molecule has 1 atom stereocenters. The molecule has 1 saturated heterocycles. The smallest absolute Gasteiger partial charge is 0.354 e. The molecule has 1 aromatic heterocycles.